The SMILES string of the molecule is C[C@@H]1OCC2(CCN(c3cnc4nc(Sc5ccnc(NCCO)c5Cl)ccc4n3)CC2)[C@@H]1N. The third-order valence-corrected chi connectivity index (χ3v) is 8.26. The highest BCUT2D eigenvalue weighted by atomic mass is 35.5. The summed E-state index contributed by atoms with van der Waals surface area (Å²) < 4.78 is 5.83. The summed E-state index contributed by atoms with van der Waals surface area (Å²) >= 11 is 7.91. The van der Waals surface area contributed by atoms with Crippen molar-refractivity contribution in [1.82, 2.24) is 19.9 Å². The average Bonchev–Trinajstić information content (AvgIpc) is 3.13. The molecule has 2 saturated heterocycles. The van der Waals surface area contributed by atoms with Gasteiger partial charge in [-0.25, -0.2) is 19.9 Å². The van der Waals surface area contributed by atoms with E-state index in [0.29, 0.717) is 23.0 Å². The van der Waals surface area contributed by atoms with E-state index in [4.69, 9.17) is 32.2 Å². The Morgan fingerprint density at radius 1 is 1.26 bits per heavy atom. The van der Waals surface area contributed by atoms with Crippen LogP contribution in [0.5, 0.6) is 0 Å². The van der Waals surface area contributed by atoms with Gasteiger partial charge in [-0.15, -0.1) is 0 Å². The highest BCUT2D eigenvalue weighted by Crippen LogP contribution is 2.42. The summed E-state index contributed by atoms with van der Waals surface area (Å²) in [6, 6.07) is 5.79. The molecule has 0 unspecified atom stereocenters. The molecular formula is C23H28ClN7O2S. The molecule has 0 amide bonds. The number of fused-ring (bicyclic) bond motifs is 1. The third-order valence-electron chi connectivity index (χ3n) is 6.77. The molecule has 0 aliphatic carbocycles. The van der Waals surface area contributed by atoms with Crippen molar-refractivity contribution in [1.29, 1.82) is 0 Å². The predicted octanol–water partition coefficient (Wildman–Crippen LogP) is 2.96. The molecule has 2 atom stereocenters. The first-order valence-electron chi connectivity index (χ1n) is 11.4. The van der Waals surface area contributed by atoms with Crippen molar-refractivity contribution < 1.29 is 9.84 Å². The number of hydrogen-bond acceptors (Lipinski definition) is 10. The Balaban J connectivity index is 1.29. The van der Waals surface area contributed by atoms with Gasteiger partial charge in [0.15, 0.2) is 5.65 Å². The molecule has 0 radical (unpaired) electrons. The van der Waals surface area contributed by atoms with E-state index < -0.39 is 0 Å². The lowest BCUT2D eigenvalue weighted by atomic mass is 9.73. The van der Waals surface area contributed by atoms with E-state index in [-0.39, 0.29) is 24.2 Å². The quantitative estimate of drug-likeness (QED) is 0.464. The van der Waals surface area contributed by atoms with E-state index in [2.05, 4.69) is 32.1 Å². The second-order valence-electron chi connectivity index (χ2n) is 8.84. The van der Waals surface area contributed by atoms with Gasteiger partial charge < -0.3 is 25.8 Å². The van der Waals surface area contributed by atoms with Crippen molar-refractivity contribution in [3.63, 3.8) is 0 Å². The van der Waals surface area contributed by atoms with Crippen molar-refractivity contribution in [2.45, 2.75) is 41.8 Å². The van der Waals surface area contributed by atoms with Gasteiger partial charge in [0.05, 0.1) is 30.5 Å². The van der Waals surface area contributed by atoms with Crippen molar-refractivity contribution in [2.24, 2.45) is 11.1 Å². The van der Waals surface area contributed by atoms with Crippen LogP contribution >= 0.6 is 23.4 Å². The maximum absolute atomic E-state index is 9.02. The second kappa shape index (κ2) is 9.79. The smallest absolute Gasteiger partial charge is 0.179 e. The van der Waals surface area contributed by atoms with Gasteiger partial charge >= 0.3 is 0 Å². The molecule has 0 bridgehead atoms. The number of aliphatic hydroxyl groups is 1. The van der Waals surface area contributed by atoms with Gasteiger partial charge in [-0.2, -0.15) is 0 Å². The summed E-state index contributed by atoms with van der Waals surface area (Å²) in [5.74, 6) is 1.40. The van der Waals surface area contributed by atoms with E-state index >= 15 is 0 Å². The monoisotopic (exact) mass is 501 g/mol. The molecule has 2 aliphatic heterocycles. The normalized spacial score (nSPS) is 21.9. The molecule has 180 valence electrons. The summed E-state index contributed by atoms with van der Waals surface area (Å²) in [4.78, 5) is 21.4. The first-order valence-corrected chi connectivity index (χ1v) is 12.6. The molecule has 5 heterocycles. The van der Waals surface area contributed by atoms with Crippen LogP contribution in [-0.4, -0.2) is 70.0 Å². The molecule has 0 saturated carbocycles. The summed E-state index contributed by atoms with van der Waals surface area (Å²) in [6.07, 6.45) is 5.58. The number of halogens is 1. The summed E-state index contributed by atoms with van der Waals surface area (Å²) in [5.41, 5.74) is 7.87. The molecule has 3 aromatic heterocycles. The van der Waals surface area contributed by atoms with Crippen molar-refractivity contribution in [3.8, 4) is 0 Å². The lowest BCUT2D eigenvalue weighted by molar-refractivity contribution is 0.0974. The van der Waals surface area contributed by atoms with E-state index in [1.807, 2.05) is 18.2 Å². The maximum atomic E-state index is 9.02. The molecule has 2 aliphatic rings. The number of nitrogens with one attached hydrogen (secondary N) is 1. The maximum Gasteiger partial charge on any atom is 0.179 e. The molecule has 4 N–H and O–H groups in total. The predicted molar refractivity (Wildman–Crippen MR) is 134 cm³/mol. The number of anilines is 2. The third kappa shape index (κ3) is 4.52. The van der Waals surface area contributed by atoms with Gasteiger partial charge in [-0.3, -0.25) is 0 Å². The van der Waals surface area contributed by atoms with Gasteiger partial charge in [0.25, 0.3) is 0 Å². The van der Waals surface area contributed by atoms with Crippen LogP contribution < -0.4 is 16.0 Å². The van der Waals surface area contributed by atoms with E-state index in [1.165, 1.54) is 11.8 Å². The fraction of sp³-hybridized carbons (Fsp3) is 0.478. The van der Waals surface area contributed by atoms with Crippen molar-refractivity contribution in [2.75, 3.05) is 43.1 Å². The van der Waals surface area contributed by atoms with Crippen molar-refractivity contribution >= 4 is 46.2 Å². The Hall–Kier alpha value is -2.24. The average molecular weight is 502 g/mol. The van der Waals surface area contributed by atoms with Crippen molar-refractivity contribution in [3.05, 3.63) is 35.6 Å². The molecule has 1 spiro atoms. The molecule has 34 heavy (non-hydrogen) atoms. The van der Waals surface area contributed by atoms with Crippen LogP contribution in [0.15, 0.2) is 40.5 Å². The molecule has 9 nitrogen and oxygen atoms in total. The minimum absolute atomic E-state index is 0.00171. The van der Waals surface area contributed by atoms with E-state index in [1.54, 1.807) is 12.4 Å². The highest BCUT2D eigenvalue weighted by Gasteiger charge is 2.47. The fourth-order valence-corrected chi connectivity index (χ4v) is 5.76. The van der Waals surface area contributed by atoms with Gasteiger partial charge in [0, 0.05) is 42.2 Å². The zero-order valence-corrected chi connectivity index (χ0v) is 20.5. The second-order valence-corrected chi connectivity index (χ2v) is 10.3. The Morgan fingerprint density at radius 2 is 2.09 bits per heavy atom. The first kappa shape index (κ1) is 23.5. The van der Waals surface area contributed by atoms with Crippen LogP contribution in [0.25, 0.3) is 11.2 Å². The summed E-state index contributed by atoms with van der Waals surface area (Å²) in [7, 11) is 0. The number of rotatable bonds is 6. The van der Waals surface area contributed by atoms with Crippen LogP contribution in [-0.2, 0) is 4.74 Å². The number of hydrogen-bond donors (Lipinski definition) is 3. The molecule has 0 aromatic carbocycles. The number of nitrogens with zero attached hydrogens (tertiary/aromatic N) is 5. The summed E-state index contributed by atoms with van der Waals surface area (Å²) in [5, 5.41) is 13.3. The standard InChI is InChI=1S/C23H28ClN7O2S/c1-14-20(25)23(13-33-14)5-9-31(10-6-23)17-12-28-21-15(29-17)2-3-18(30-21)34-16-4-7-26-22(19(16)24)27-8-11-32/h2-4,7,12,14,20,32H,5-6,8-11,13,25H2,1H3,(H,26,27)/t14-,20+/m0/s1. The van der Waals surface area contributed by atoms with E-state index in [9.17, 15) is 0 Å². The number of ether oxygens (including phenoxy) is 1. The van der Waals surface area contributed by atoms with Gasteiger partial charge in [0.1, 0.15) is 22.2 Å². The van der Waals surface area contributed by atoms with Crippen LogP contribution in [0.4, 0.5) is 11.6 Å². The molecule has 11 heteroatoms. The van der Waals surface area contributed by atoms with Gasteiger partial charge in [-0.1, -0.05) is 23.4 Å². The largest absolute Gasteiger partial charge is 0.395 e. The van der Waals surface area contributed by atoms with E-state index in [0.717, 1.165) is 53.8 Å². The van der Waals surface area contributed by atoms with Gasteiger partial charge in [0.2, 0.25) is 0 Å². The number of pyridine rings is 2. The topological polar surface area (TPSA) is 122 Å². The fourth-order valence-electron chi connectivity index (χ4n) is 4.66. The number of aromatic nitrogens is 4. The Bertz CT molecular complexity index is 1180. The number of piperidine rings is 1. The Morgan fingerprint density at radius 3 is 2.82 bits per heavy atom. The zero-order chi connectivity index (χ0) is 23.7. The first-order chi connectivity index (χ1) is 16.5. The highest BCUT2D eigenvalue weighted by molar-refractivity contribution is 7.99. The van der Waals surface area contributed by atoms with Crippen LogP contribution in [0.1, 0.15) is 19.8 Å². The van der Waals surface area contributed by atoms with Crippen LogP contribution in [0.2, 0.25) is 5.02 Å². The number of nitrogens with two attached hydrogens (primary N) is 1. The number of aliphatic hydroxyl groups excluding tert-OH is 1. The van der Waals surface area contributed by atoms with Crippen LogP contribution in [0.3, 0.4) is 0 Å². The molecule has 3 aromatic rings. The minimum atomic E-state index is 0.00171. The Kier molecular flexibility index (Phi) is 6.76. The van der Waals surface area contributed by atoms with Crippen LogP contribution in [0, 0.1) is 5.41 Å². The Labute approximate surface area is 207 Å². The lowest BCUT2D eigenvalue weighted by Crippen LogP contribution is -2.50. The molecule has 2 fully saturated rings. The molecular weight excluding hydrogens is 474 g/mol. The lowest BCUT2D eigenvalue weighted by Gasteiger charge is -2.41. The molecule has 5 rings (SSSR count). The zero-order valence-electron chi connectivity index (χ0n) is 18.9. The summed E-state index contributed by atoms with van der Waals surface area (Å²) in [6.45, 7) is 4.97. The minimum Gasteiger partial charge on any atom is -0.395 e. The van der Waals surface area contributed by atoms with Gasteiger partial charge in [-0.05, 0) is 38.0 Å².